The van der Waals surface area contributed by atoms with Crippen LogP contribution in [0.2, 0.25) is 0 Å². The maximum atomic E-state index is 9.43. The van der Waals surface area contributed by atoms with Crippen molar-refractivity contribution in [1.82, 2.24) is 5.16 Å². The molecule has 0 saturated carbocycles. The van der Waals surface area contributed by atoms with Gasteiger partial charge in [0.25, 0.3) is 0 Å². The summed E-state index contributed by atoms with van der Waals surface area (Å²) in [5, 5.41) is 14.3. The van der Waals surface area contributed by atoms with Crippen LogP contribution >= 0.6 is 0 Å². The van der Waals surface area contributed by atoms with Crippen LogP contribution in [0.25, 0.3) is 11.0 Å². The zero-order valence-electron chi connectivity index (χ0n) is 7.61. The second kappa shape index (κ2) is 2.76. The molecule has 1 aromatic carbocycles. The summed E-state index contributed by atoms with van der Waals surface area (Å²) >= 11 is 0. The number of aromatic nitrogens is 1. The van der Waals surface area contributed by atoms with Crippen molar-refractivity contribution in [3.63, 3.8) is 0 Å². The number of hydrogen-bond acceptors (Lipinski definition) is 3. The largest absolute Gasteiger partial charge is 0.504 e. The Morgan fingerprint density at radius 1 is 1.38 bits per heavy atom. The molecule has 1 aromatic heterocycles. The fraction of sp³-hybridized carbons (Fsp3) is 0.300. The van der Waals surface area contributed by atoms with Crippen LogP contribution in [-0.4, -0.2) is 10.3 Å². The van der Waals surface area contributed by atoms with Crippen LogP contribution in [0.3, 0.4) is 0 Å². The lowest BCUT2D eigenvalue weighted by molar-refractivity contribution is 0.414. The van der Waals surface area contributed by atoms with Crippen molar-refractivity contribution in [3.05, 3.63) is 23.9 Å². The lowest BCUT2D eigenvalue weighted by atomic mass is 10.1. The van der Waals surface area contributed by atoms with Crippen molar-refractivity contribution in [2.24, 2.45) is 0 Å². The van der Waals surface area contributed by atoms with E-state index in [1.165, 1.54) is 0 Å². The van der Waals surface area contributed by atoms with Crippen molar-refractivity contribution in [1.29, 1.82) is 0 Å². The van der Waals surface area contributed by atoms with Crippen molar-refractivity contribution in [3.8, 4) is 5.75 Å². The molecule has 0 saturated heterocycles. The minimum absolute atomic E-state index is 0.150. The SMILES string of the molecule is CC(C)c1noc2c(O)cccc12. The van der Waals surface area contributed by atoms with E-state index in [9.17, 15) is 5.11 Å². The fourth-order valence-electron chi connectivity index (χ4n) is 1.38. The van der Waals surface area contributed by atoms with Crippen LogP contribution in [0.15, 0.2) is 22.7 Å². The van der Waals surface area contributed by atoms with E-state index in [2.05, 4.69) is 5.16 Å². The zero-order chi connectivity index (χ0) is 9.42. The molecule has 0 aliphatic rings. The third-order valence-corrected chi connectivity index (χ3v) is 2.05. The lowest BCUT2D eigenvalue weighted by Gasteiger charge is -1.97. The molecule has 3 heteroatoms. The summed E-state index contributed by atoms with van der Waals surface area (Å²) in [6, 6.07) is 5.29. The van der Waals surface area contributed by atoms with Crippen LogP contribution in [-0.2, 0) is 0 Å². The average molecular weight is 177 g/mol. The Balaban J connectivity index is 2.75. The summed E-state index contributed by atoms with van der Waals surface area (Å²) in [6.07, 6.45) is 0. The van der Waals surface area contributed by atoms with Gasteiger partial charge in [0.1, 0.15) is 0 Å². The molecule has 68 valence electrons. The quantitative estimate of drug-likeness (QED) is 0.728. The van der Waals surface area contributed by atoms with Gasteiger partial charge in [-0.25, -0.2) is 0 Å². The van der Waals surface area contributed by atoms with Gasteiger partial charge < -0.3 is 9.63 Å². The molecule has 0 spiro atoms. The molecular weight excluding hydrogens is 166 g/mol. The molecule has 0 unspecified atom stereocenters. The molecule has 1 heterocycles. The van der Waals surface area contributed by atoms with Gasteiger partial charge in [-0.3, -0.25) is 0 Å². The van der Waals surface area contributed by atoms with E-state index >= 15 is 0 Å². The van der Waals surface area contributed by atoms with Gasteiger partial charge >= 0.3 is 0 Å². The third kappa shape index (κ3) is 1.16. The average Bonchev–Trinajstić information content (AvgIpc) is 2.48. The van der Waals surface area contributed by atoms with Gasteiger partial charge in [0, 0.05) is 5.39 Å². The summed E-state index contributed by atoms with van der Waals surface area (Å²) in [5.74, 6) is 0.458. The van der Waals surface area contributed by atoms with Gasteiger partial charge in [-0.1, -0.05) is 25.1 Å². The van der Waals surface area contributed by atoms with E-state index in [4.69, 9.17) is 4.52 Å². The van der Waals surface area contributed by atoms with Gasteiger partial charge in [-0.05, 0) is 18.1 Å². The van der Waals surface area contributed by atoms with Crippen LogP contribution in [0.5, 0.6) is 5.75 Å². The van der Waals surface area contributed by atoms with Gasteiger partial charge in [-0.15, -0.1) is 0 Å². The Labute approximate surface area is 76.0 Å². The highest BCUT2D eigenvalue weighted by Crippen LogP contribution is 2.29. The molecule has 0 atom stereocenters. The van der Waals surface area contributed by atoms with Gasteiger partial charge in [0.15, 0.2) is 5.75 Å². The number of para-hydroxylation sites is 1. The molecule has 3 nitrogen and oxygen atoms in total. The number of phenolic OH excluding ortho intramolecular Hbond substituents is 1. The standard InChI is InChI=1S/C10H11NO2/c1-6(2)9-7-4-3-5-8(12)10(7)13-11-9/h3-6,12H,1-2H3. The first-order valence-corrected chi connectivity index (χ1v) is 4.27. The lowest BCUT2D eigenvalue weighted by Crippen LogP contribution is -1.86. The van der Waals surface area contributed by atoms with E-state index in [1.807, 2.05) is 19.9 Å². The molecule has 0 amide bonds. The van der Waals surface area contributed by atoms with Crippen LogP contribution in [0.1, 0.15) is 25.5 Å². The van der Waals surface area contributed by atoms with E-state index in [0.29, 0.717) is 11.5 Å². The zero-order valence-corrected chi connectivity index (χ0v) is 7.61. The topological polar surface area (TPSA) is 46.3 Å². The highest BCUT2D eigenvalue weighted by Gasteiger charge is 2.13. The van der Waals surface area contributed by atoms with Crippen LogP contribution in [0.4, 0.5) is 0 Å². The number of fused-ring (bicyclic) bond motifs is 1. The molecule has 0 aliphatic heterocycles. The molecule has 2 rings (SSSR count). The number of benzene rings is 1. The van der Waals surface area contributed by atoms with Gasteiger partial charge in [0.05, 0.1) is 5.69 Å². The number of phenols is 1. The minimum atomic E-state index is 0.150. The predicted molar refractivity (Wildman–Crippen MR) is 49.8 cm³/mol. The first-order valence-electron chi connectivity index (χ1n) is 4.27. The monoisotopic (exact) mass is 177 g/mol. The molecule has 0 fully saturated rings. The van der Waals surface area contributed by atoms with E-state index in [1.54, 1.807) is 12.1 Å². The highest BCUT2D eigenvalue weighted by atomic mass is 16.5. The Bertz CT molecular complexity index is 431. The van der Waals surface area contributed by atoms with Gasteiger partial charge in [0.2, 0.25) is 5.58 Å². The van der Waals surface area contributed by atoms with Crippen molar-refractivity contribution in [2.75, 3.05) is 0 Å². The number of aromatic hydroxyl groups is 1. The predicted octanol–water partition coefficient (Wildman–Crippen LogP) is 2.66. The van der Waals surface area contributed by atoms with Crippen molar-refractivity contribution >= 4 is 11.0 Å². The molecule has 0 aliphatic carbocycles. The maximum absolute atomic E-state index is 9.43. The number of rotatable bonds is 1. The van der Waals surface area contributed by atoms with E-state index in [0.717, 1.165) is 11.1 Å². The minimum Gasteiger partial charge on any atom is -0.504 e. The Hall–Kier alpha value is -1.51. The molecule has 2 aromatic rings. The van der Waals surface area contributed by atoms with Gasteiger partial charge in [-0.2, -0.15) is 0 Å². The first kappa shape index (κ1) is 8.10. The third-order valence-electron chi connectivity index (χ3n) is 2.05. The van der Waals surface area contributed by atoms with Crippen molar-refractivity contribution in [2.45, 2.75) is 19.8 Å². The molecule has 1 N–H and O–H groups in total. The van der Waals surface area contributed by atoms with E-state index in [-0.39, 0.29) is 5.75 Å². The molecule has 13 heavy (non-hydrogen) atoms. The van der Waals surface area contributed by atoms with Crippen LogP contribution < -0.4 is 0 Å². The van der Waals surface area contributed by atoms with Crippen LogP contribution in [0, 0.1) is 0 Å². The molecular formula is C10H11NO2. The summed E-state index contributed by atoms with van der Waals surface area (Å²) in [4.78, 5) is 0. The Kier molecular flexibility index (Phi) is 1.72. The summed E-state index contributed by atoms with van der Waals surface area (Å²) in [5.41, 5.74) is 1.37. The number of nitrogens with zero attached hydrogens (tertiary/aromatic N) is 1. The van der Waals surface area contributed by atoms with E-state index < -0.39 is 0 Å². The number of hydrogen-bond donors (Lipinski definition) is 1. The second-order valence-corrected chi connectivity index (χ2v) is 3.38. The summed E-state index contributed by atoms with van der Waals surface area (Å²) in [6.45, 7) is 4.09. The second-order valence-electron chi connectivity index (χ2n) is 3.38. The smallest absolute Gasteiger partial charge is 0.208 e. The maximum Gasteiger partial charge on any atom is 0.208 e. The molecule has 0 radical (unpaired) electrons. The summed E-state index contributed by atoms with van der Waals surface area (Å²) in [7, 11) is 0. The molecule has 0 bridgehead atoms. The Morgan fingerprint density at radius 3 is 2.85 bits per heavy atom. The Morgan fingerprint density at radius 2 is 2.15 bits per heavy atom. The van der Waals surface area contributed by atoms with Crippen molar-refractivity contribution < 1.29 is 9.63 Å². The normalized spacial score (nSPS) is 11.3. The highest BCUT2D eigenvalue weighted by molar-refractivity contribution is 5.84. The fourth-order valence-corrected chi connectivity index (χ4v) is 1.38. The summed E-state index contributed by atoms with van der Waals surface area (Å²) < 4.78 is 5.04. The first-order chi connectivity index (χ1) is 6.20.